The molecule has 0 amide bonds. The van der Waals surface area contributed by atoms with Gasteiger partial charge in [0.05, 0.1) is 19.0 Å². The van der Waals surface area contributed by atoms with Crippen LogP contribution in [0.2, 0.25) is 0 Å². The fourth-order valence-corrected chi connectivity index (χ4v) is 6.28. The maximum atomic E-state index is 12.7. The van der Waals surface area contributed by atoms with Crippen molar-refractivity contribution >= 4 is 28.5 Å². The summed E-state index contributed by atoms with van der Waals surface area (Å²) in [5.41, 5.74) is 4.41. The number of hydrogen-bond donors (Lipinski definition) is 1. The number of Topliss-reactive ketones (excluding diaryl/α,β-unsaturated/α-hetero) is 1. The van der Waals surface area contributed by atoms with Crippen LogP contribution in [-0.2, 0) is 24.2 Å². The van der Waals surface area contributed by atoms with E-state index in [4.69, 9.17) is 9.72 Å². The number of aromatic nitrogens is 2. The van der Waals surface area contributed by atoms with Crippen molar-refractivity contribution in [3.63, 3.8) is 0 Å². The topological polar surface area (TPSA) is 64.1 Å². The van der Waals surface area contributed by atoms with Crippen LogP contribution in [0.4, 0.5) is 0 Å². The van der Waals surface area contributed by atoms with Gasteiger partial charge in [-0.25, -0.2) is 4.98 Å². The van der Waals surface area contributed by atoms with E-state index in [1.165, 1.54) is 20.9 Å². The van der Waals surface area contributed by atoms with Crippen molar-refractivity contribution < 1.29 is 9.53 Å². The molecular weight excluding hydrogens is 426 g/mol. The molecule has 0 aliphatic carbocycles. The first-order valence-electron chi connectivity index (χ1n) is 10.9. The van der Waals surface area contributed by atoms with Crippen LogP contribution >= 0.6 is 22.7 Å². The van der Waals surface area contributed by atoms with Crippen LogP contribution in [-0.4, -0.2) is 29.4 Å². The van der Waals surface area contributed by atoms with E-state index < -0.39 is 0 Å². The standard InChI is InChI=1S/C24H29N3O2S2/c1-15(2)5-4-6-17(28)10-21-23(19-7-8-25-13-22(19)31-21)24-27-20(14-30-24)16-9-18(29-3)12-26-11-16/h9,11-12,14-15,25H,4-8,10,13H2,1-3H3. The average molecular weight is 456 g/mol. The number of thiophene rings is 1. The van der Waals surface area contributed by atoms with Gasteiger partial charge >= 0.3 is 0 Å². The summed E-state index contributed by atoms with van der Waals surface area (Å²) in [4.78, 5) is 24.5. The fourth-order valence-electron chi connectivity index (χ4n) is 3.93. The first kappa shape index (κ1) is 22.1. The lowest BCUT2D eigenvalue weighted by Crippen LogP contribution is -2.22. The van der Waals surface area contributed by atoms with Crippen molar-refractivity contribution in [2.24, 2.45) is 5.92 Å². The van der Waals surface area contributed by atoms with E-state index in [2.05, 4.69) is 29.5 Å². The van der Waals surface area contributed by atoms with Crippen LogP contribution in [0.25, 0.3) is 21.8 Å². The Balaban J connectivity index is 1.62. The third kappa shape index (κ3) is 5.22. The number of fused-ring (bicyclic) bond motifs is 1. The maximum absolute atomic E-state index is 12.7. The highest BCUT2D eigenvalue weighted by atomic mass is 32.1. The molecule has 0 saturated heterocycles. The Morgan fingerprint density at radius 2 is 2.19 bits per heavy atom. The summed E-state index contributed by atoms with van der Waals surface area (Å²) < 4.78 is 5.31. The summed E-state index contributed by atoms with van der Waals surface area (Å²) in [6.45, 7) is 6.27. The van der Waals surface area contributed by atoms with Crippen molar-refractivity contribution in [1.82, 2.24) is 15.3 Å². The van der Waals surface area contributed by atoms with Crippen LogP contribution in [0.3, 0.4) is 0 Å². The Morgan fingerprint density at radius 3 is 3.00 bits per heavy atom. The molecule has 7 heteroatoms. The normalized spacial score (nSPS) is 13.4. The number of nitrogens with one attached hydrogen (secondary N) is 1. The molecule has 0 atom stereocenters. The highest BCUT2D eigenvalue weighted by Crippen LogP contribution is 2.41. The van der Waals surface area contributed by atoms with Gasteiger partial charge in [0.25, 0.3) is 0 Å². The molecule has 0 bridgehead atoms. The van der Waals surface area contributed by atoms with E-state index in [0.29, 0.717) is 24.5 Å². The first-order valence-corrected chi connectivity index (χ1v) is 12.6. The van der Waals surface area contributed by atoms with E-state index in [1.54, 1.807) is 36.0 Å². The Kier molecular flexibility index (Phi) is 7.15. The Labute approximate surface area is 191 Å². The maximum Gasteiger partial charge on any atom is 0.138 e. The number of nitrogens with zero attached hydrogens (tertiary/aromatic N) is 2. The second-order valence-corrected chi connectivity index (χ2v) is 10.4. The number of rotatable bonds is 9. The molecule has 4 heterocycles. The summed E-state index contributed by atoms with van der Waals surface area (Å²) in [7, 11) is 1.64. The Bertz CT molecular complexity index is 1060. The van der Waals surface area contributed by atoms with Gasteiger partial charge in [-0.2, -0.15) is 0 Å². The predicted molar refractivity (Wildman–Crippen MR) is 128 cm³/mol. The monoisotopic (exact) mass is 455 g/mol. The number of ketones is 1. The van der Waals surface area contributed by atoms with Gasteiger partial charge in [0, 0.05) is 51.8 Å². The van der Waals surface area contributed by atoms with Gasteiger partial charge in [-0.15, -0.1) is 22.7 Å². The van der Waals surface area contributed by atoms with Gasteiger partial charge in [0.15, 0.2) is 0 Å². The lowest BCUT2D eigenvalue weighted by molar-refractivity contribution is -0.118. The molecule has 0 saturated carbocycles. The van der Waals surface area contributed by atoms with E-state index in [0.717, 1.165) is 54.4 Å². The van der Waals surface area contributed by atoms with Crippen molar-refractivity contribution in [2.45, 2.75) is 52.5 Å². The molecule has 5 nitrogen and oxygen atoms in total. The molecule has 4 rings (SSSR count). The zero-order chi connectivity index (χ0) is 21.8. The minimum Gasteiger partial charge on any atom is -0.495 e. The molecule has 164 valence electrons. The van der Waals surface area contributed by atoms with Crippen LogP contribution in [0.15, 0.2) is 23.8 Å². The quantitative estimate of drug-likeness (QED) is 0.460. The fraction of sp³-hybridized carbons (Fsp3) is 0.458. The van der Waals surface area contributed by atoms with Crippen molar-refractivity contribution in [1.29, 1.82) is 0 Å². The largest absolute Gasteiger partial charge is 0.495 e. The third-order valence-corrected chi connectivity index (χ3v) is 7.65. The summed E-state index contributed by atoms with van der Waals surface area (Å²) in [6, 6.07) is 1.96. The van der Waals surface area contributed by atoms with Gasteiger partial charge in [-0.05, 0) is 36.9 Å². The van der Waals surface area contributed by atoms with E-state index in [-0.39, 0.29) is 0 Å². The third-order valence-electron chi connectivity index (χ3n) is 5.56. The SMILES string of the molecule is COc1cncc(-c2csc(-c3c(CC(=O)CCCC(C)C)sc4c3CCNC4)n2)c1. The molecule has 0 spiro atoms. The molecule has 0 fully saturated rings. The summed E-state index contributed by atoms with van der Waals surface area (Å²) >= 11 is 3.43. The summed E-state index contributed by atoms with van der Waals surface area (Å²) in [5, 5.41) is 6.54. The van der Waals surface area contributed by atoms with Crippen molar-refractivity contribution in [3.05, 3.63) is 39.2 Å². The van der Waals surface area contributed by atoms with Gasteiger partial charge in [-0.3, -0.25) is 9.78 Å². The average Bonchev–Trinajstić information content (AvgIpc) is 3.37. The molecule has 1 N–H and O–H groups in total. The number of carbonyl (C=O) groups is 1. The summed E-state index contributed by atoms with van der Waals surface area (Å²) in [6.07, 6.45) is 7.75. The van der Waals surface area contributed by atoms with Gasteiger partial charge in [-0.1, -0.05) is 20.3 Å². The Morgan fingerprint density at radius 1 is 1.32 bits per heavy atom. The van der Waals surface area contributed by atoms with Gasteiger partial charge < -0.3 is 10.1 Å². The number of pyridine rings is 1. The molecule has 1 aliphatic heterocycles. The van der Waals surface area contributed by atoms with E-state index in [9.17, 15) is 4.79 Å². The van der Waals surface area contributed by atoms with E-state index in [1.807, 2.05) is 12.3 Å². The lowest BCUT2D eigenvalue weighted by atomic mass is 9.99. The zero-order valence-corrected chi connectivity index (χ0v) is 20.0. The number of thiazole rings is 1. The number of ether oxygens (including phenoxy) is 1. The minimum atomic E-state index is 0.335. The predicted octanol–water partition coefficient (Wildman–Crippen LogP) is 5.53. The number of hydrogen-bond acceptors (Lipinski definition) is 7. The first-order chi connectivity index (χ1) is 15.0. The van der Waals surface area contributed by atoms with Crippen LogP contribution in [0.1, 0.15) is 48.4 Å². The second-order valence-electron chi connectivity index (χ2n) is 8.38. The van der Waals surface area contributed by atoms with Crippen molar-refractivity contribution in [2.75, 3.05) is 13.7 Å². The highest BCUT2D eigenvalue weighted by Gasteiger charge is 2.25. The second kappa shape index (κ2) is 10.0. The van der Waals surface area contributed by atoms with Crippen LogP contribution in [0, 0.1) is 5.92 Å². The number of carbonyl (C=O) groups excluding carboxylic acids is 1. The smallest absolute Gasteiger partial charge is 0.138 e. The van der Waals surface area contributed by atoms with Gasteiger partial charge in [0.1, 0.15) is 16.5 Å². The van der Waals surface area contributed by atoms with E-state index >= 15 is 0 Å². The molecular formula is C24H29N3O2S2. The molecule has 1 aliphatic rings. The molecule has 3 aromatic rings. The minimum absolute atomic E-state index is 0.335. The van der Waals surface area contributed by atoms with Crippen LogP contribution < -0.4 is 10.1 Å². The Hall–Kier alpha value is -2.09. The van der Waals surface area contributed by atoms with Crippen LogP contribution in [0.5, 0.6) is 5.75 Å². The molecule has 31 heavy (non-hydrogen) atoms. The molecule has 3 aromatic heterocycles. The highest BCUT2D eigenvalue weighted by molar-refractivity contribution is 7.15. The lowest BCUT2D eigenvalue weighted by Gasteiger charge is -2.13. The molecule has 0 radical (unpaired) electrons. The summed E-state index contributed by atoms with van der Waals surface area (Å²) in [5.74, 6) is 1.70. The van der Waals surface area contributed by atoms with Gasteiger partial charge in [0.2, 0.25) is 0 Å². The molecule has 0 aromatic carbocycles. The molecule has 0 unspecified atom stereocenters. The number of methoxy groups -OCH3 is 1. The zero-order valence-electron chi connectivity index (χ0n) is 18.4. The van der Waals surface area contributed by atoms with Crippen molar-refractivity contribution in [3.8, 4) is 27.6 Å².